The number of hydrogen-bond donors (Lipinski definition) is 3. The second kappa shape index (κ2) is 8.14. The molecule has 0 aliphatic rings. The van der Waals surface area contributed by atoms with E-state index in [-0.39, 0.29) is 24.4 Å². The first-order valence-electron chi connectivity index (χ1n) is 7.88. The summed E-state index contributed by atoms with van der Waals surface area (Å²) in [5, 5.41) is 5.29. The summed E-state index contributed by atoms with van der Waals surface area (Å²) in [6, 6.07) is 8.53. The summed E-state index contributed by atoms with van der Waals surface area (Å²) in [6.07, 6.45) is 1.60. The lowest BCUT2D eigenvalue weighted by molar-refractivity contribution is -0.120. The van der Waals surface area contributed by atoms with E-state index in [1.165, 1.54) is 7.11 Å². The SMILES string of the molecule is COc1c(N)ccnc1-c1ccc(C(=O)NCC(=O)NC(C)C)cc1. The van der Waals surface area contributed by atoms with Crippen molar-refractivity contribution in [3.05, 3.63) is 42.1 Å². The Balaban J connectivity index is 2.08. The van der Waals surface area contributed by atoms with E-state index < -0.39 is 0 Å². The summed E-state index contributed by atoms with van der Waals surface area (Å²) in [6.45, 7) is 3.65. The molecule has 0 fully saturated rings. The molecule has 0 radical (unpaired) electrons. The summed E-state index contributed by atoms with van der Waals surface area (Å²) < 4.78 is 5.29. The Kier molecular flexibility index (Phi) is 5.94. The van der Waals surface area contributed by atoms with Crippen LogP contribution in [0.25, 0.3) is 11.3 Å². The van der Waals surface area contributed by atoms with Gasteiger partial charge in [0.05, 0.1) is 19.3 Å². The van der Waals surface area contributed by atoms with E-state index in [0.29, 0.717) is 22.7 Å². The summed E-state index contributed by atoms with van der Waals surface area (Å²) in [5.74, 6) is -0.0586. The van der Waals surface area contributed by atoms with Gasteiger partial charge in [-0.15, -0.1) is 0 Å². The van der Waals surface area contributed by atoms with Crippen molar-refractivity contribution in [3.63, 3.8) is 0 Å². The molecule has 2 aromatic rings. The second-order valence-corrected chi connectivity index (χ2v) is 5.76. The molecular formula is C18H22N4O3. The van der Waals surface area contributed by atoms with Gasteiger partial charge in [-0.3, -0.25) is 14.6 Å². The molecule has 0 aliphatic carbocycles. The van der Waals surface area contributed by atoms with Crippen LogP contribution >= 0.6 is 0 Å². The lowest BCUT2D eigenvalue weighted by atomic mass is 10.1. The van der Waals surface area contributed by atoms with Gasteiger partial charge in [0.25, 0.3) is 5.91 Å². The lowest BCUT2D eigenvalue weighted by Gasteiger charge is -2.11. The maximum atomic E-state index is 12.1. The molecule has 7 nitrogen and oxygen atoms in total. The highest BCUT2D eigenvalue weighted by Crippen LogP contribution is 2.32. The number of anilines is 1. The van der Waals surface area contributed by atoms with Gasteiger partial charge in [-0.2, -0.15) is 0 Å². The zero-order chi connectivity index (χ0) is 18.4. The first-order chi connectivity index (χ1) is 11.9. The van der Waals surface area contributed by atoms with E-state index in [1.807, 2.05) is 13.8 Å². The van der Waals surface area contributed by atoms with Crippen molar-refractivity contribution in [1.29, 1.82) is 0 Å². The van der Waals surface area contributed by atoms with Gasteiger partial charge in [0.2, 0.25) is 5.91 Å². The quantitative estimate of drug-likeness (QED) is 0.739. The van der Waals surface area contributed by atoms with E-state index >= 15 is 0 Å². The standard InChI is InChI=1S/C18H22N4O3/c1-11(2)22-15(23)10-21-18(24)13-6-4-12(5-7-13)16-17(25-3)14(19)8-9-20-16/h4-9,11H,10H2,1-3H3,(H2,19,20)(H,21,24)(H,22,23). The highest BCUT2D eigenvalue weighted by atomic mass is 16.5. The number of carbonyl (C=O) groups is 2. The zero-order valence-electron chi connectivity index (χ0n) is 14.5. The van der Waals surface area contributed by atoms with Crippen molar-refractivity contribution >= 4 is 17.5 Å². The molecule has 1 aromatic carbocycles. The Labute approximate surface area is 146 Å². The molecule has 2 rings (SSSR count). The van der Waals surface area contributed by atoms with Gasteiger partial charge >= 0.3 is 0 Å². The van der Waals surface area contributed by atoms with Crippen LogP contribution in [0.15, 0.2) is 36.5 Å². The number of aromatic nitrogens is 1. The average Bonchev–Trinajstić information content (AvgIpc) is 2.59. The van der Waals surface area contributed by atoms with Crippen LogP contribution in [0.3, 0.4) is 0 Å². The number of nitrogens with two attached hydrogens (primary N) is 1. The number of hydrogen-bond acceptors (Lipinski definition) is 5. The summed E-state index contributed by atoms with van der Waals surface area (Å²) in [5.41, 5.74) is 8.20. The van der Waals surface area contributed by atoms with Crippen LogP contribution in [0.2, 0.25) is 0 Å². The van der Waals surface area contributed by atoms with Crippen molar-refractivity contribution in [2.75, 3.05) is 19.4 Å². The van der Waals surface area contributed by atoms with Crippen LogP contribution in [-0.4, -0.2) is 36.5 Å². The topological polar surface area (TPSA) is 106 Å². The molecule has 1 heterocycles. The fourth-order valence-corrected chi connectivity index (χ4v) is 2.30. The van der Waals surface area contributed by atoms with Gasteiger partial charge < -0.3 is 21.1 Å². The van der Waals surface area contributed by atoms with Gasteiger partial charge in [0, 0.05) is 23.4 Å². The Hall–Kier alpha value is -3.09. The Bertz CT molecular complexity index is 757. The minimum absolute atomic E-state index is 0.0319. The molecule has 7 heteroatoms. The summed E-state index contributed by atoms with van der Waals surface area (Å²) in [7, 11) is 1.53. The van der Waals surface area contributed by atoms with E-state index in [9.17, 15) is 9.59 Å². The third-order valence-corrected chi connectivity index (χ3v) is 3.42. The number of methoxy groups -OCH3 is 1. The van der Waals surface area contributed by atoms with Gasteiger partial charge in [0.1, 0.15) is 5.69 Å². The third kappa shape index (κ3) is 4.69. The zero-order valence-corrected chi connectivity index (χ0v) is 14.5. The molecule has 0 bridgehead atoms. The van der Waals surface area contributed by atoms with Crippen molar-refractivity contribution in [1.82, 2.24) is 15.6 Å². The average molecular weight is 342 g/mol. The van der Waals surface area contributed by atoms with E-state index in [4.69, 9.17) is 10.5 Å². The second-order valence-electron chi connectivity index (χ2n) is 5.76. The predicted octanol–water partition coefficient (Wildman–Crippen LogP) is 1.59. The number of pyridine rings is 1. The molecule has 2 amide bonds. The molecule has 132 valence electrons. The monoisotopic (exact) mass is 342 g/mol. The summed E-state index contributed by atoms with van der Waals surface area (Å²) in [4.78, 5) is 28.0. The Morgan fingerprint density at radius 3 is 2.48 bits per heavy atom. The van der Waals surface area contributed by atoms with Crippen LogP contribution < -0.4 is 21.1 Å². The molecule has 0 saturated carbocycles. The third-order valence-electron chi connectivity index (χ3n) is 3.42. The minimum atomic E-state index is -0.321. The summed E-state index contributed by atoms with van der Waals surface area (Å²) >= 11 is 0. The highest BCUT2D eigenvalue weighted by Gasteiger charge is 2.12. The lowest BCUT2D eigenvalue weighted by Crippen LogP contribution is -2.39. The number of ether oxygens (including phenoxy) is 1. The van der Waals surface area contributed by atoms with Crippen LogP contribution in [0, 0.1) is 0 Å². The van der Waals surface area contributed by atoms with Crippen LogP contribution in [0.1, 0.15) is 24.2 Å². The number of rotatable bonds is 6. The first-order valence-corrected chi connectivity index (χ1v) is 7.88. The van der Waals surface area contributed by atoms with E-state index in [2.05, 4.69) is 15.6 Å². The van der Waals surface area contributed by atoms with Crippen LogP contribution in [-0.2, 0) is 4.79 Å². The minimum Gasteiger partial charge on any atom is -0.492 e. The fourth-order valence-electron chi connectivity index (χ4n) is 2.30. The number of carbonyl (C=O) groups excluding carboxylic acids is 2. The molecule has 4 N–H and O–H groups in total. The molecule has 0 spiro atoms. The van der Waals surface area contributed by atoms with E-state index in [1.54, 1.807) is 36.5 Å². The molecular weight excluding hydrogens is 320 g/mol. The normalized spacial score (nSPS) is 10.4. The van der Waals surface area contributed by atoms with E-state index in [0.717, 1.165) is 5.56 Å². The van der Waals surface area contributed by atoms with Crippen molar-refractivity contribution in [2.45, 2.75) is 19.9 Å². The number of amides is 2. The molecule has 0 saturated heterocycles. The number of nitrogens with one attached hydrogen (secondary N) is 2. The number of benzene rings is 1. The largest absolute Gasteiger partial charge is 0.492 e. The number of nitrogen functional groups attached to an aromatic ring is 1. The maximum Gasteiger partial charge on any atom is 0.251 e. The smallest absolute Gasteiger partial charge is 0.251 e. The van der Waals surface area contributed by atoms with Gasteiger partial charge in [0.15, 0.2) is 5.75 Å². The fraction of sp³-hybridized carbons (Fsp3) is 0.278. The van der Waals surface area contributed by atoms with Gasteiger partial charge in [-0.25, -0.2) is 0 Å². The predicted molar refractivity (Wildman–Crippen MR) is 96.2 cm³/mol. The Morgan fingerprint density at radius 2 is 1.88 bits per heavy atom. The number of nitrogens with zero attached hydrogens (tertiary/aromatic N) is 1. The van der Waals surface area contributed by atoms with Gasteiger partial charge in [-0.1, -0.05) is 12.1 Å². The maximum absolute atomic E-state index is 12.1. The molecule has 0 aliphatic heterocycles. The Morgan fingerprint density at radius 1 is 1.20 bits per heavy atom. The molecule has 25 heavy (non-hydrogen) atoms. The van der Waals surface area contributed by atoms with Crippen LogP contribution in [0.4, 0.5) is 5.69 Å². The molecule has 0 unspecified atom stereocenters. The van der Waals surface area contributed by atoms with Gasteiger partial charge in [-0.05, 0) is 32.0 Å². The first kappa shape index (κ1) is 18.3. The van der Waals surface area contributed by atoms with Crippen molar-refractivity contribution < 1.29 is 14.3 Å². The molecule has 1 aromatic heterocycles. The van der Waals surface area contributed by atoms with Crippen molar-refractivity contribution in [2.24, 2.45) is 0 Å². The highest BCUT2D eigenvalue weighted by molar-refractivity contribution is 5.97. The van der Waals surface area contributed by atoms with Crippen molar-refractivity contribution in [3.8, 4) is 17.0 Å². The molecule has 0 atom stereocenters. The van der Waals surface area contributed by atoms with Crippen LogP contribution in [0.5, 0.6) is 5.75 Å².